The molecule has 2 rings (SSSR count). The number of aryl methyl sites for hydroxylation is 1. The van der Waals surface area contributed by atoms with E-state index in [1.807, 2.05) is 0 Å². The molecule has 6 heteroatoms. The zero-order valence-electron chi connectivity index (χ0n) is 11.9. The van der Waals surface area contributed by atoms with Crippen molar-refractivity contribution < 1.29 is 4.52 Å². The van der Waals surface area contributed by atoms with Crippen molar-refractivity contribution in [3.05, 3.63) is 47.1 Å². The summed E-state index contributed by atoms with van der Waals surface area (Å²) >= 11 is 0. The largest absolute Gasteiger partial charge is 0.338 e. The van der Waals surface area contributed by atoms with Crippen LogP contribution >= 0.6 is 12.4 Å². The van der Waals surface area contributed by atoms with E-state index >= 15 is 0 Å². The zero-order valence-corrected chi connectivity index (χ0v) is 12.7. The van der Waals surface area contributed by atoms with Crippen molar-refractivity contribution in [1.29, 1.82) is 0 Å². The highest BCUT2D eigenvalue weighted by Gasteiger charge is 2.11. The number of hydrogen-bond acceptors (Lipinski definition) is 5. The van der Waals surface area contributed by atoms with E-state index in [0.29, 0.717) is 18.3 Å². The van der Waals surface area contributed by atoms with Gasteiger partial charge in [-0.3, -0.25) is 4.90 Å². The molecule has 0 aliphatic rings. The summed E-state index contributed by atoms with van der Waals surface area (Å²) in [5.74, 6) is 1.18. The molecular weight excluding hydrogens is 276 g/mol. The molecule has 0 aliphatic carbocycles. The monoisotopic (exact) mass is 296 g/mol. The van der Waals surface area contributed by atoms with Crippen LogP contribution in [0.15, 0.2) is 28.8 Å². The minimum absolute atomic E-state index is 0. The molecule has 1 heterocycles. The quantitative estimate of drug-likeness (QED) is 0.886. The highest BCUT2D eigenvalue weighted by molar-refractivity contribution is 5.85. The maximum Gasteiger partial charge on any atom is 0.240 e. The van der Waals surface area contributed by atoms with Crippen LogP contribution in [0.25, 0.3) is 0 Å². The Kier molecular flexibility index (Phi) is 6.64. The summed E-state index contributed by atoms with van der Waals surface area (Å²) in [6.45, 7) is 7.04. The molecule has 0 aliphatic heterocycles. The summed E-state index contributed by atoms with van der Waals surface area (Å²) < 4.78 is 5.02. The van der Waals surface area contributed by atoms with Crippen molar-refractivity contribution in [1.82, 2.24) is 15.0 Å². The fourth-order valence-electron chi connectivity index (χ4n) is 1.95. The van der Waals surface area contributed by atoms with Gasteiger partial charge in [0.05, 0.1) is 13.1 Å². The predicted octanol–water partition coefficient (Wildman–Crippen LogP) is 2.28. The minimum Gasteiger partial charge on any atom is -0.338 e. The van der Waals surface area contributed by atoms with E-state index < -0.39 is 0 Å². The second-order valence-corrected chi connectivity index (χ2v) is 4.54. The first-order valence-electron chi connectivity index (χ1n) is 6.51. The van der Waals surface area contributed by atoms with E-state index in [-0.39, 0.29) is 19.0 Å². The molecule has 0 radical (unpaired) electrons. The molecule has 0 saturated carbocycles. The average Bonchev–Trinajstić information content (AvgIpc) is 2.88. The number of nitrogens with two attached hydrogens (primary N) is 1. The van der Waals surface area contributed by atoms with Crippen LogP contribution in [0.5, 0.6) is 0 Å². The maximum atomic E-state index is 5.46. The summed E-state index contributed by atoms with van der Waals surface area (Å²) in [6.07, 6.45) is 0. The van der Waals surface area contributed by atoms with E-state index in [9.17, 15) is 0 Å². The zero-order chi connectivity index (χ0) is 13.7. The molecule has 1 aromatic heterocycles. The molecule has 0 fully saturated rings. The van der Waals surface area contributed by atoms with Gasteiger partial charge in [-0.1, -0.05) is 36.3 Å². The van der Waals surface area contributed by atoms with Gasteiger partial charge >= 0.3 is 0 Å². The fraction of sp³-hybridized carbons (Fsp3) is 0.429. The third-order valence-electron chi connectivity index (χ3n) is 3.15. The van der Waals surface area contributed by atoms with Crippen molar-refractivity contribution in [2.75, 3.05) is 6.54 Å². The lowest BCUT2D eigenvalue weighted by Crippen LogP contribution is -2.23. The lowest BCUT2D eigenvalue weighted by Gasteiger charge is -2.19. The molecule has 5 nitrogen and oxygen atoms in total. The number of rotatable bonds is 6. The third kappa shape index (κ3) is 4.30. The first kappa shape index (κ1) is 16.6. The molecule has 0 bridgehead atoms. The summed E-state index contributed by atoms with van der Waals surface area (Å²) in [4.78, 5) is 6.51. The van der Waals surface area contributed by atoms with Gasteiger partial charge in [0.15, 0.2) is 5.82 Å². The topological polar surface area (TPSA) is 68.2 Å². The standard InChI is InChI=1S/C14H20N4O.ClH/c1-3-18(9-12-7-5-4-6-11(12)2)10-13-16-14(8-15)19-17-13;/h4-7H,3,8-10,15H2,1-2H3;1H. The van der Waals surface area contributed by atoms with Crippen LogP contribution in [0.3, 0.4) is 0 Å². The molecule has 0 atom stereocenters. The van der Waals surface area contributed by atoms with Crippen LogP contribution in [-0.2, 0) is 19.6 Å². The molecule has 2 N–H and O–H groups in total. The van der Waals surface area contributed by atoms with Crippen LogP contribution in [0.1, 0.15) is 29.8 Å². The van der Waals surface area contributed by atoms with E-state index in [1.54, 1.807) is 0 Å². The normalized spacial score (nSPS) is 10.6. The van der Waals surface area contributed by atoms with Crippen LogP contribution in [0, 0.1) is 6.92 Å². The van der Waals surface area contributed by atoms with E-state index in [0.717, 1.165) is 13.1 Å². The second-order valence-electron chi connectivity index (χ2n) is 4.54. The summed E-state index contributed by atoms with van der Waals surface area (Å²) in [7, 11) is 0. The summed E-state index contributed by atoms with van der Waals surface area (Å²) in [6, 6.07) is 8.41. The smallest absolute Gasteiger partial charge is 0.240 e. The van der Waals surface area contributed by atoms with Crippen molar-refractivity contribution in [2.24, 2.45) is 5.73 Å². The molecule has 20 heavy (non-hydrogen) atoms. The Hall–Kier alpha value is -1.43. The predicted molar refractivity (Wildman–Crippen MR) is 80.4 cm³/mol. The maximum absolute atomic E-state index is 5.46. The number of aromatic nitrogens is 2. The van der Waals surface area contributed by atoms with Gasteiger partial charge in [0.2, 0.25) is 5.89 Å². The van der Waals surface area contributed by atoms with Crippen molar-refractivity contribution in [3.8, 4) is 0 Å². The van der Waals surface area contributed by atoms with Gasteiger partial charge in [0.1, 0.15) is 0 Å². The van der Waals surface area contributed by atoms with Crippen molar-refractivity contribution in [2.45, 2.75) is 33.5 Å². The van der Waals surface area contributed by atoms with Gasteiger partial charge in [-0.25, -0.2) is 0 Å². The molecule has 2 aromatic rings. The summed E-state index contributed by atoms with van der Waals surface area (Å²) in [5, 5.41) is 3.93. The Balaban J connectivity index is 0.00000200. The molecule has 1 aromatic carbocycles. The first-order chi connectivity index (χ1) is 9.22. The molecule has 0 spiro atoms. The molecular formula is C14H21ClN4O. The van der Waals surface area contributed by atoms with Gasteiger partial charge in [0.25, 0.3) is 0 Å². The van der Waals surface area contributed by atoms with Crippen LogP contribution in [-0.4, -0.2) is 21.6 Å². The third-order valence-corrected chi connectivity index (χ3v) is 3.15. The number of benzene rings is 1. The van der Waals surface area contributed by atoms with E-state index in [2.05, 4.69) is 53.2 Å². The van der Waals surface area contributed by atoms with Crippen LogP contribution in [0.2, 0.25) is 0 Å². The number of nitrogens with zero attached hydrogens (tertiary/aromatic N) is 3. The number of hydrogen-bond donors (Lipinski definition) is 1. The van der Waals surface area contributed by atoms with Gasteiger partial charge in [-0.2, -0.15) is 4.98 Å². The molecule has 0 saturated heterocycles. The second kappa shape index (κ2) is 7.99. The number of halogens is 1. The van der Waals surface area contributed by atoms with E-state index in [4.69, 9.17) is 10.3 Å². The van der Waals surface area contributed by atoms with Crippen molar-refractivity contribution >= 4 is 12.4 Å². The Bertz CT molecular complexity index is 529. The first-order valence-corrected chi connectivity index (χ1v) is 6.51. The Morgan fingerprint density at radius 3 is 2.60 bits per heavy atom. The van der Waals surface area contributed by atoms with E-state index in [1.165, 1.54) is 11.1 Å². The molecule has 110 valence electrons. The molecule has 0 amide bonds. The summed E-state index contributed by atoms with van der Waals surface area (Å²) in [5.41, 5.74) is 8.09. The highest BCUT2D eigenvalue weighted by atomic mass is 35.5. The van der Waals surface area contributed by atoms with Crippen LogP contribution in [0.4, 0.5) is 0 Å². The Morgan fingerprint density at radius 1 is 1.25 bits per heavy atom. The van der Waals surface area contributed by atoms with Crippen molar-refractivity contribution in [3.63, 3.8) is 0 Å². The lowest BCUT2D eigenvalue weighted by atomic mass is 10.1. The average molecular weight is 297 g/mol. The van der Waals surface area contributed by atoms with Gasteiger partial charge < -0.3 is 10.3 Å². The Labute approximate surface area is 125 Å². The van der Waals surface area contributed by atoms with Gasteiger partial charge in [0, 0.05) is 6.54 Å². The minimum atomic E-state index is 0. The molecule has 0 unspecified atom stereocenters. The van der Waals surface area contributed by atoms with Gasteiger partial charge in [-0.15, -0.1) is 12.4 Å². The van der Waals surface area contributed by atoms with Crippen LogP contribution < -0.4 is 5.73 Å². The van der Waals surface area contributed by atoms with Gasteiger partial charge in [-0.05, 0) is 24.6 Å². The Morgan fingerprint density at radius 2 is 2.00 bits per heavy atom. The SMILES string of the molecule is CCN(Cc1noc(CN)n1)Cc1ccccc1C.Cl. The highest BCUT2D eigenvalue weighted by Crippen LogP contribution is 2.12. The lowest BCUT2D eigenvalue weighted by molar-refractivity contribution is 0.258. The fourth-order valence-corrected chi connectivity index (χ4v) is 1.95.